The average molecular weight is 297 g/mol. The fourth-order valence-corrected chi connectivity index (χ4v) is 1.72. The molecule has 0 spiro atoms. The van der Waals surface area contributed by atoms with Crippen molar-refractivity contribution in [2.24, 2.45) is 0 Å². The number of nitrogens with one attached hydrogen (secondary N) is 1. The summed E-state index contributed by atoms with van der Waals surface area (Å²) in [4.78, 5) is 21.9. The second-order valence-electron chi connectivity index (χ2n) is 4.25. The first-order valence-corrected chi connectivity index (χ1v) is 6.26. The number of para-hydroxylation sites is 1. The van der Waals surface area contributed by atoms with Crippen molar-refractivity contribution in [2.45, 2.75) is 0 Å². The number of hydrogen-bond acceptors (Lipinski definition) is 5. The van der Waals surface area contributed by atoms with Crippen LogP contribution in [-0.4, -0.2) is 17.4 Å². The Kier molecular flexibility index (Phi) is 4.67. The number of carbonyl (C=O) groups is 1. The highest BCUT2D eigenvalue weighted by molar-refractivity contribution is 5.92. The number of ether oxygens (including phenoxy) is 1. The highest BCUT2D eigenvalue weighted by Gasteiger charge is 2.09. The van der Waals surface area contributed by atoms with Crippen molar-refractivity contribution >= 4 is 17.3 Å². The molecule has 110 valence electrons. The molecule has 0 saturated heterocycles. The van der Waals surface area contributed by atoms with Gasteiger partial charge in [-0.05, 0) is 18.2 Å². The lowest BCUT2D eigenvalue weighted by Gasteiger charge is -2.08. The van der Waals surface area contributed by atoms with Crippen molar-refractivity contribution in [3.8, 4) is 11.8 Å². The van der Waals surface area contributed by atoms with Gasteiger partial charge in [-0.25, -0.2) is 0 Å². The number of nitriles is 1. The van der Waals surface area contributed by atoms with Crippen LogP contribution in [0.3, 0.4) is 0 Å². The van der Waals surface area contributed by atoms with Gasteiger partial charge in [-0.2, -0.15) is 5.26 Å². The van der Waals surface area contributed by atoms with Gasteiger partial charge >= 0.3 is 0 Å². The molecule has 0 aliphatic heterocycles. The molecule has 7 nitrogen and oxygen atoms in total. The van der Waals surface area contributed by atoms with Crippen LogP contribution in [0.4, 0.5) is 11.4 Å². The van der Waals surface area contributed by atoms with Crippen LogP contribution in [0, 0.1) is 21.4 Å². The second-order valence-corrected chi connectivity index (χ2v) is 4.25. The Morgan fingerprint density at radius 1 is 1.27 bits per heavy atom. The number of non-ortho nitro benzene ring substituents is 1. The summed E-state index contributed by atoms with van der Waals surface area (Å²) >= 11 is 0. The fraction of sp³-hybridized carbons (Fsp3) is 0.0667. The number of nitrogens with zero attached hydrogens (tertiary/aromatic N) is 2. The monoisotopic (exact) mass is 297 g/mol. The summed E-state index contributed by atoms with van der Waals surface area (Å²) in [6, 6.07) is 14.1. The van der Waals surface area contributed by atoms with E-state index in [1.54, 1.807) is 24.3 Å². The average Bonchev–Trinajstić information content (AvgIpc) is 2.53. The third-order valence-corrected chi connectivity index (χ3v) is 2.71. The summed E-state index contributed by atoms with van der Waals surface area (Å²) in [5, 5.41) is 22.1. The zero-order valence-corrected chi connectivity index (χ0v) is 11.4. The normalized spacial score (nSPS) is 9.59. The highest BCUT2D eigenvalue weighted by atomic mass is 16.6. The first-order chi connectivity index (χ1) is 10.6. The summed E-state index contributed by atoms with van der Waals surface area (Å²) < 4.78 is 5.27. The molecule has 2 aromatic rings. The van der Waals surface area contributed by atoms with E-state index in [1.165, 1.54) is 24.3 Å². The van der Waals surface area contributed by atoms with E-state index in [0.717, 1.165) is 0 Å². The number of amides is 1. The van der Waals surface area contributed by atoms with Gasteiger partial charge in [0, 0.05) is 17.8 Å². The van der Waals surface area contributed by atoms with Crippen LogP contribution in [0.5, 0.6) is 5.75 Å². The third-order valence-electron chi connectivity index (χ3n) is 2.71. The molecular weight excluding hydrogens is 286 g/mol. The summed E-state index contributed by atoms with van der Waals surface area (Å²) in [5.74, 6) is -0.174. The third kappa shape index (κ3) is 3.80. The molecule has 0 unspecified atom stereocenters. The Morgan fingerprint density at radius 2 is 2.05 bits per heavy atom. The van der Waals surface area contributed by atoms with Gasteiger partial charge in [-0.15, -0.1) is 0 Å². The van der Waals surface area contributed by atoms with Crippen LogP contribution < -0.4 is 10.1 Å². The Bertz CT molecular complexity index is 752. The van der Waals surface area contributed by atoms with Gasteiger partial charge in [0.2, 0.25) is 0 Å². The van der Waals surface area contributed by atoms with Crippen molar-refractivity contribution in [3.05, 3.63) is 64.2 Å². The molecule has 0 aliphatic carbocycles. The van der Waals surface area contributed by atoms with E-state index in [2.05, 4.69) is 5.32 Å². The molecule has 0 aromatic heterocycles. The largest absolute Gasteiger partial charge is 0.482 e. The van der Waals surface area contributed by atoms with Gasteiger partial charge in [0.1, 0.15) is 11.8 Å². The van der Waals surface area contributed by atoms with E-state index in [0.29, 0.717) is 17.0 Å². The Balaban J connectivity index is 1.98. The quantitative estimate of drug-likeness (QED) is 0.674. The number of carbonyl (C=O) groups excluding carboxylic acids is 1. The first-order valence-electron chi connectivity index (χ1n) is 6.26. The molecule has 22 heavy (non-hydrogen) atoms. The molecule has 1 N–H and O–H groups in total. The van der Waals surface area contributed by atoms with Crippen molar-refractivity contribution in [1.29, 1.82) is 5.26 Å². The molecule has 7 heteroatoms. The molecule has 0 atom stereocenters. The number of nitro benzene ring substituents is 1. The molecule has 2 aromatic carbocycles. The minimum absolute atomic E-state index is 0.117. The summed E-state index contributed by atoms with van der Waals surface area (Å²) in [6.45, 7) is -0.304. The Labute approximate surface area is 125 Å². The molecular formula is C15H11N3O4. The summed E-state index contributed by atoms with van der Waals surface area (Å²) in [6.07, 6.45) is 0. The molecule has 0 aliphatic rings. The van der Waals surface area contributed by atoms with Crippen molar-refractivity contribution < 1.29 is 14.5 Å². The van der Waals surface area contributed by atoms with Gasteiger partial charge in [-0.1, -0.05) is 18.2 Å². The van der Waals surface area contributed by atoms with Crippen molar-refractivity contribution in [3.63, 3.8) is 0 Å². The zero-order chi connectivity index (χ0) is 15.9. The molecule has 2 rings (SSSR count). The van der Waals surface area contributed by atoms with Crippen molar-refractivity contribution in [1.82, 2.24) is 0 Å². The van der Waals surface area contributed by atoms with E-state index in [4.69, 9.17) is 10.00 Å². The number of benzene rings is 2. The molecule has 0 saturated carbocycles. The van der Waals surface area contributed by atoms with Crippen LogP contribution in [0.2, 0.25) is 0 Å². The minimum Gasteiger partial charge on any atom is -0.482 e. The summed E-state index contributed by atoms with van der Waals surface area (Å²) in [7, 11) is 0. The Hall–Kier alpha value is -3.40. The van der Waals surface area contributed by atoms with Gasteiger partial charge < -0.3 is 10.1 Å². The smallest absolute Gasteiger partial charge is 0.271 e. The predicted molar refractivity (Wildman–Crippen MR) is 78.4 cm³/mol. The van der Waals surface area contributed by atoms with E-state index in [9.17, 15) is 14.9 Å². The maximum Gasteiger partial charge on any atom is 0.271 e. The van der Waals surface area contributed by atoms with E-state index < -0.39 is 10.8 Å². The van der Waals surface area contributed by atoms with E-state index in [1.807, 2.05) is 6.07 Å². The minimum atomic E-state index is -0.546. The van der Waals surface area contributed by atoms with Gasteiger partial charge in [0.05, 0.1) is 10.5 Å². The van der Waals surface area contributed by atoms with Crippen LogP contribution in [0.1, 0.15) is 5.56 Å². The Morgan fingerprint density at radius 3 is 2.77 bits per heavy atom. The molecule has 0 heterocycles. The lowest BCUT2D eigenvalue weighted by atomic mass is 10.2. The van der Waals surface area contributed by atoms with Crippen LogP contribution >= 0.6 is 0 Å². The topological polar surface area (TPSA) is 105 Å². The second kappa shape index (κ2) is 6.85. The fourth-order valence-electron chi connectivity index (χ4n) is 1.72. The standard InChI is InChI=1S/C15H11N3O4/c16-9-11-4-1-2-7-14(11)22-10-15(19)17-12-5-3-6-13(8-12)18(20)21/h1-8H,10H2,(H,17,19). The molecule has 1 amide bonds. The van der Waals surface area contributed by atoms with Crippen LogP contribution in [0.25, 0.3) is 0 Å². The van der Waals surface area contributed by atoms with Crippen LogP contribution in [-0.2, 0) is 4.79 Å². The number of anilines is 1. The lowest BCUT2D eigenvalue weighted by molar-refractivity contribution is -0.384. The zero-order valence-electron chi connectivity index (χ0n) is 11.4. The van der Waals surface area contributed by atoms with Gasteiger partial charge in [0.25, 0.3) is 11.6 Å². The SMILES string of the molecule is N#Cc1ccccc1OCC(=O)Nc1cccc([N+](=O)[O-])c1. The van der Waals surface area contributed by atoms with Gasteiger partial charge in [0.15, 0.2) is 6.61 Å². The van der Waals surface area contributed by atoms with E-state index >= 15 is 0 Å². The molecule has 0 radical (unpaired) electrons. The lowest BCUT2D eigenvalue weighted by Crippen LogP contribution is -2.20. The van der Waals surface area contributed by atoms with Gasteiger partial charge in [-0.3, -0.25) is 14.9 Å². The number of hydrogen-bond donors (Lipinski definition) is 1. The molecule has 0 bridgehead atoms. The summed E-state index contributed by atoms with van der Waals surface area (Å²) in [5.41, 5.74) is 0.510. The van der Waals surface area contributed by atoms with Crippen molar-refractivity contribution in [2.75, 3.05) is 11.9 Å². The van der Waals surface area contributed by atoms with Crippen LogP contribution in [0.15, 0.2) is 48.5 Å². The number of nitro groups is 1. The maximum atomic E-state index is 11.8. The predicted octanol–water partition coefficient (Wildman–Crippen LogP) is 2.48. The maximum absolute atomic E-state index is 11.8. The highest BCUT2D eigenvalue weighted by Crippen LogP contribution is 2.18. The molecule has 0 fully saturated rings. The first kappa shape index (κ1) is 15.0. The van der Waals surface area contributed by atoms with E-state index in [-0.39, 0.29) is 12.3 Å². The number of rotatable bonds is 5.